The third kappa shape index (κ3) is 4.79. The number of hydrogen-bond donors (Lipinski definition) is 2. The van der Waals surface area contributed by atoms with Crippen molar-refractivity contribution in [3.63, 3.8) is 0 Å². The van der Waals surface area contributed by atoms with Crippen molar-refractivity contribution in [2.24, 2.45) is 5.16 Å². The lowest BCUT2D eigenvalue weighted by Crippen LogP contribution is -2.24. The van der Waals surface area contributed by atoms with E-state index in [4.69, 9.17) is 9.94 Å². The lowest BCUT2D eigenvalue weighted by Gasteiger charge is -2.15. The molecule has 0 saturated heterocycles. The Hall–Kier alpha value is -2.92. The molecule has 0 fully saturated rings. The van der Waals surface area contributed by atoms with E-state index in [2.05, 4.69) is 11.7 Å². The maximum absolute atomic E-state index is 12.2. The molecule has 5 nitrogen and oxygen atoms in total. The van der Waals surface area contributed by atoms with Crippen LogP contribution in [0.5, 0.6) is 0 Å². The third-order valence-electron chi connectivity index (χ3n) is 3.46. The van der Waals surface area contributed by atoms with Crippen molar-refractivity contribution in [3.05, 3.63) is 72.8 Å². The summed E-state index contributed by atoms with van der Waals surface area (Å²) in [5, 5.41) is 21.1. The van der Waals surface area contributed by atoms with Gasteiger partial charge >= 0.3 is 5.97 Å². The average molecular weight is 325 g/mol. The molecular weight excluding hydrogens is 306 g/mol. The van der Waals surface area contributed by atoms with Gasteiger partial charge in [0, 0.05) is 6.42 Å². The zero-order valence-corrected chi connectivity index (χ0v) is 13.1. The first-order chi connectivity index (χ1) is 11.6. The van der Waals surface area contributed by atoms with E-state index < -0.39 is 18.2 Å². The number of nitrogens with zero attached hydrogens (tertiary/aromatic N) is 1. The lowest BCUT2D eigenvalue weighted by atomic mass is 10.0. The largest absolute Gasteiger partial charge is 0.453 e. The van der Waals surface area contributed by atoms with Crippen molar-refractivity contribution in [2.75, 3.05) is 0 Å². The standard InChI is InChI=1S/C19H19NO4/c1-2-17(21)12-18(13-20-23)24-19(22)16-10-8-15(9-11-16)14-6-4-3-5-7-14/h2-11,13,17-18,21,23H,1,12H2/b20-13-/t17-,18?/m1/s1. The van der Waals surface area contributed by atoms with Crippen LogP contribution >= 0.6 is 0 Å². The first-order valence-corrected chi connectivity index (χ1v) is 7.48. The summed E-state index contributed by atoms with van der Waals surface area (Å²) < 4.78 is 5.24. The van der Waals surface area contributed by atoms with Crippen molar-refractivity contribution in [3.8, 4) is 11.1 Å². The Labute approximate surface area is 140 Å². The summed E-state index contributed by atoms with van der Waals surface area (Å²) in [7, 11) is 0. The van der Waals surface area contributed by atoms with E-state index in [0.29, 0.717) is 5.56 Å². The van der Waals surface area contributed by atoms with Crippen LogP contribution in [0.2, 0.25) is 0 Å². The van der Waals surface area contributed by atoms with Crippen molar-refractivity contribution in [1.82, 2.24) is 0 Å². The number of aliphatic hydroxyl groups excluding tert-OH is 1. The van der Waals surface area contributed by atoms with Gasteiger partial charge in [0.15, 0.2) is 0 Å². The van der Waals surface area contributed by atoms with Crippen LogP contribution in [0.25, 0.3) is 11.1 Å². The fourth-order valence-corrected chi connectivity index (χ4v) is 2.18. The number of rotatable bonds is 7. The molecule has 5 heteroatoms. The summed E-state index contributed by atoms with van der Waals surface area (Å²) in [6.45, 7) is 3.45. The Morgan fingerprint density at radius 3 is 2.33 bits per heavy atom. The normalized spacial score (nSPS) is 13.4. The van der Waals surface area contributed by atoms with Crippen LogP contribution in [0.15, 0.2) is 72.4 Å². The monoisotopic (exact) mass is 325 g/mol. The molecule has 2 N–H and O–H groups in total. The lowest BCUT2D eigenvalue weighted by molar-refractivity contribution is 0.0357. The number of carbonyl (C=O) groups is 1. The summed E-state index contributed by atoms with van der Waals surface area (Å²) in [5.41, 5.74) is 2.42. The molecule has 0 aliphatic heterocycles. The summed E-state index contributed by atoms with van der Waals surface area (Å²) in [4.78, 5) is 12.2. The first-order valence-electron chi connectivity index (χ1n) is 7.48. The predicted molar refractivity (Wildman–Crippen MR) is 92.2 cm³/mol. The highest BCUT2D eigenvalue weighted by molar-refractivity contribution is 5.91. The number of hydrogen-bond acceptors (Lipinski definition) is 5. The van der Waals surface area contributed by atoms with Crippen molar-refractivity contribution in [2.45, 2.75) is 18.6 Å². The molecule has 0 heterocycles. The number of ether oxygens (including phenoxy) is 1. The minimum absolute atomic E-state index is 0.0708. The van der Waals surface area contributed by atoms with E-state index in [9.17, 15) is 9.90 Å². The van der Waals surface area contributed by atoms with E-state index in [0.717, 1.165) is 17.3 Å². The highest BCUT2D eigenvalue weighted by Crippen LogP contribution is 2.19. The van der Waals surface area contributed by atoms with Gasteiger partial charge in [0.05, 0.1) is 17.9 Å². The number of carbonyl (C=O) groups excluding carboxylic acids is 1. The number of oxime groups is 1. The van der Waals surface area contributed by atoms with Crippen LogP contribution in [-0.4, -0.2) is 34.7 Å². The maximum Gasteiger partial charge on any atom is 0.338 e. The van der Waals surface area contributed by atoms with E-state index in [1.807, 2.05) is 42.5 Å². The van der Waals surface area contributed by atoms with E-state index in [-0.39, 0.29) is 6.42 Å². The molecule has 1 unspecified atom stereocenters. The van der Waals surface area contributed by atoms with Gasteiger partial charge in [-0.2, -0.15) is 0 Å². The molecule has 2 rings (SSSR count). The highest BCUT2D eigenvalue weighted by Gasteiger charge is 2.17. The van der Waals surface area contributed by atoms with Crippen LogP contribution < -0.4 is 0 Å². The summed E-state index contributed by atoms with van der Waals surface area (Å²) in [6, 6.07) is 16.8. The van der Waals surface area contributed by atoms with E-state index in [1.165, 1.54) is 6.08 Å². The molecular formula is C19H19NO4. The number of benzene rings is 2. The average Bonchev–Trinajstić information content (AvgIpc) is 2.62. The van der Waals surface area contributed by atoms with Gasteiger partial charge in [-0.15, -0.1) is 6.58 Å². The van der Waals surface area contributed by atoms with Crippen molar-refractivity contribution < 1.29 is 19.8 Å². The van der Waals surface area contributed by atoms with Crippen molar-refractivity contribution in [1.29, 1.82) is 0 Å². The Morgan fingerprint density at radius 2 is 1.75 bits per heavy atom. The van der Waals surface area contributed by atoms with Crippen LogP contribution in [0.1, 0.15) is 16.8 Å². The summed E-state index contributed by atoms with van der Waals surface area (Å²) in [6.07, 6.45) is 0.746. The third-order valence-corrected chi connectivity index (χ3v) is 3.46. The second-order valence-corrected chi connectivity index (χ2v) is 5.19. The molecule has 0 saturated carbocycles. The quantitative estimate of drug-likeness (QED) is 0.269. The molecule has 0 bridgehead atoms. The molecule has 24 heavy (non-hydrogen) atoms. The minimum Gasteiger partial charge on any atom is -0.453 e. The molecule has 0 aliphatic rings. The van der Waals surface area contributed by atoms with Gasteiger partial charge in [-0.25, -0.2) is 4.79 Å². The first kappa shape index (κ1) is 17.4. The molecule has 124 valence electrons. The van der Waals surface area contributed by atoms with E-state index >= 15 is 0 Å². The van der Waals surface area contributed by atoms with Gasteiger partial charge in [0.2, 0.25) is 0 Å². The Kier molecular flexibility index (Phi) is 6.28. The summed E-state index contributed by atoms with van der Waals surface area (Å²) in [5.74, 6) is -0.559. The van der Waals surface area contributed by atoms with Crippen molar-refractivity contribution >= 4 is 12.2 Å². The molecule has 0 radical (unpaired) electrons. The van der Waals surface area contributed by atoms with Crippen LogP contribution in [0.4, 0.5) is 0 Å². The zero-order chi connectivity index (χ0) is 17.4. The molecule has 2 aromatic rings. The topological polar surface area (TPSA) is 79.1 Å². The fourth-order valence-electron chi connectivity index (χ4n) is 2.18. The fraction of sp³-hybridized carbons (Fsp3) is 0.158. The molecule has 2 aromatic carbocycles. The van der Waals surface area contributed by atoms with Crippen LogP contribution in [0.3, 0.4) is 0 Å². The number of esters is 1. The smallest absolute Gasteiger partial charge is 0.338 e. The Morgan fingerprint density at radius 1 is 1.12 bits per heavy atom. The maximum atomic E-state index is 12.2. The van der Waals surface area contributed by atoms with Crippen LogP contribution in [-0.2, 0) is 4.74 Å². The van der Waals surface area contributed by atoms with Gasteiger partial charge in [-0.05, 0) is 23.3 Å². The SMILES string of the molecule is C=C[C@@H](O)CC(/C=N\O)OC(=O)c1ccc(-c2ccccc2)cc1. The van der Waals surface area contributed by atoms with Gasteiger partial charge in [0.25, 0.3) is 0 Å². The summed E-state index contributed by atoms with van der Waals surface area (Å²) >= 11 is 0. The Bertz CT molecular complexity index is 695. The van der Waals surface area contributed by atoms with Gasteiger partial charge in [-0.3, -0.25) is 0 Å². The minimum atomic E-state index is -0.860. The number of aliphatic hydroxyl groups is 1. The molecule has 0 aliphatic carbocycles. The molecule has 0 spiro atoms. The molecule has 0 aromatic heterocycles. The van der Waals surface area contributed by atoms with Gasteiger partial charge < -0.3 is 15.1 Å². The second-order valence-electron chi connectivity index (χ2n) is 5.19. The molecule has 0 amide bonds. The predicted octanol–water partition coefficient (Wildman–Crippen LogP) is 3.28. The molecule has 2 atom stereocenters. The Balaban J connectivity index is 2.07. The highest BCUT2D eigenvalue weighted by atomic mass is 16.5. The van der Waals surface area contributed by atoms with Gasteiger partial charge in [0.1, 0.15) is 6.10 Å². The van der Waals surface area contributed by atoms with Crippen LogP contribution in [0, 0.1) is 0 Å². The van der Waals surface area contributed by atoms with E-state index in [1.54, 1.807) is 12.1 Å². The van der Waals surface area contributed by atoms with Gasteiger partial charge in [-0.1, -0.05) is 53.7 Å². The zero-order valence-electron chi connectivity index (χ0n) is 13.1. The second kappa shape index (κ2) is 8.64.